The Bertz CT molecular complexity index is 624. The normalized spacial score (nSPS) is 15.4. The molecule has 5 heteroatoms. The molecule has 3 rings (SSSR count). The predicted molar refractivity (Wildman–Crippen MR) is 59.4 cm³/mol. The second-order valence-corrected chi connectivity index (χ2v) is 4.12. The van der Waals surface area contributed by atoms with Gasteiger partial charge in [-0.05, 0) is 13.8 Å². The molecule has 2 aromatic heterocycles. The number of nitrogens with one attached hydrogen (secondary N) is 1. The van der Waals surface area contributed by atoms with Gasteiger partial charge < -0.3 is 9.73 Å². The Morgan fingerprint density at radius 1 is 1.44 bits per heavy atom. The van der Waals surface area contributed by atoms with Crippen LogP contribution >= 0.6 is 0 Å². The van der Waals surface area contributed by atoms with Gasteiger partial charge in [-0.2, -0.15) is 4.98 Å². The fraction of sp³-hybridized carbons (Fsp3) is 0.455. The third-order valence-corrected chi connectivity index (χ3v) is 3.16. The van der Waals surface area contributed by atoms with E-state index in [1.807, 2.05) is 13.8 Å². The molecule has 0 bridgehead atoms. The van der Waals surface area contributed by atoms with Crippen LogP contribution in [0.25, 0.3) is 11.1 Å². The molecule has 16 heavy (non-hydrogen) atoms. The zero-order chi connectivity index (χ0) is 11.3. The Morgan fingerprint density at radius 2 is 2.25 bits per heavy atom. The summed E-state index contributed by atoms with van der Waals surface area (Å²) in [6.45, 7) is 5.89. The van der Waals surface area contributed by atoms with E-state index in [9.17, 15) is 4.79 Å². The van der Waals surface area contributed by atoms with Crippen LogP contribution in [0.4, 0.5) is 0 Å². The topological polar surface area (TPSA) is 60.1 Å². The lowest BCUT2D eigenvalue weighted by molar-refractivity contribution is 0.478. The first-order chi connectivity index (χ1) is 7.68. The lowest BCUT2D eigenvalue weighted by atomic mass is 10.2. The van der Waals surface area contributed by atoms with E-state index in [1.165, 1.54) is 0 Å². The Hall–Kier alpha value is -1.62. The van der Waals surface area contributed by atoms with Crippen LogP contribution in [0.2, 0.25) is 0 Å². The molecule has 0 radical (unpaired) electrons. The highest BCUT2D eigenvalue weighted by molar-refractivity contribution is 5.77. The number of rotatable bonds is 0. The summed E-state index contributed by atoms with van der Waals surface area (Å²) in [5.41, 5.74) is 1.40. The summed E-state index contributed by atoms with van der Waals surface area (Å²) in [5.74, 6) is 1.54. The molecule has 0 spiro atoms. The van der Waals surface area contributed by atoms with E-state index in [0.29, 0.717) is 24.2 Å². The average molecular weight is 219 g/mol. The van der Waals surface area contributed by atoms with Crippen molar-refractivity contribution in [3.05, 3.63) is 27.5 Å². The lowest BCUT2D eigenvalue weighted by Gasteiger charge is -2.17. The van der Waals surface area contributed by atoms with E-state index < -0.39 is 0 Å². The third kappa shape index (κ3) is 1.15. The summed E-state index contributed by atoms with van der Waals surface area (Å²) in [7, 11) is 0. The van der Waals surface area contributed by atoms with Gasteiger partial charge in [-0.15, -0.1) is 0 Å². The molecule has 1 aliphatic rings. The maximum absolute atomic E-state index is 12.2. The van der Waals surface area contributed by atoms with E-state index in [1.54, 1.807) is 4.57 Å². The molecule has 3 heterocycles. The van der Waals surface area contributed by atoms with Gasteiger partial charge in [0.15, 0.2) is 0 Å². The summed E-state index contributed by atoms with van der Waals surface area (Å²) >= 11 is 0. The number of aromatic nitrogens is 2. The first-order valence-corrected chi connectivity index (χ1v) is 5.38. The molecule has 1 N–H and O–H groups in total. The van der Waals surface area contributed by atoms with Crippen LogP contribution in [-0.2, 0) is 13.1 Å². The van der Waals surface area contributed by atoms with Gasteiger partial charge in [0.05, 0.1) is 6.54 Å². The van der Waals surface area contributed by atoms with Crippen LogP contribution in [0.3, 0.4) is 0 Å². The van der Waals surface area contributed by atoms with Crippen molar-refractivity contribution in [1.29, 1.82) is 0 Å². The minimum absolute atomic E-state index is 0.0239. The number of hydrogen-bond acceptors (Lipinski definition) is 4. The van der Waals surface area contributed by atoms with Crippen LogP contribution in [0, 0.1) is 13.8 Å². The summed E-state index contributed by atoms with van der Waals surface area (Å²) < 4.78 is 7.23. The molecule has 0 unspecified atom stereocenters. The smallest absolute Gasteiger partial charge is 0.265 e. The number of furan rings is 1. The Kier molecular flexibility index (Phi) is 1.91. The van der Waals surface area contributed by atoms with Gasteiger partial charge in [-0.25, -0.2) is 0 Å². The molecule has 0 fully saturated rings. The van der Waals surface area contributed by atoms with Gasteiger partial charge in [0, 0.05) is 18.7 Å². The summed E-state index contributed by atoms with van der Waals surface area (Å²) in [6, 6.07) is 0. The van der Waals surface area contributed by atoms with Gasteiger partial charge in [-0.1, -0.05) is 0 Å². The average Bonchev–Trinajstić information content (AvgIpc) is 2.55. The van der Waals surface area contributed by atoms with Crippen LogP contribution in [-0.4, -0.2) is 16.1 Å². The maximum Gasteiger partial charge on any atom is 0.265 e. The first kappa shape index (κ1) is 9.59. The highest BCUT2D eigenvalue weighted by atomic mass is 16.3. The quantitative estimate of drug-likeness (QED) is 0.709. The SMILES string of the molecule is Cc1oc2nc3n(c(=O)c2c1C)CCNC3. The van der Waals surface area contributed by atoms with Gasteiger partial charge in [0.25, 0.3) is 5.56 Å². The molecule has 0 aliphatic carbocycles. The lowest BCUT2D eigenvalue weighted by Crippen LogP contribution is -2.37. The van der Waals surface area contributed by atoms with Gasteiger partial charge in [-0.3, -0.25) is 9.36 Å². The molecular weight excluding hydrogens is 206 g/mol. The largest absolute Gasteiger partial charge is 0.443 e. The molecule has 5 nitrogen and oxygen atoms in total. The van der Waals surface area contributed by atoms with Crippen molar-refractivity contribution < 1.29 is 4.42 Å². The Balaban J connectivity index is 2.44. The Labute approximate surface area is 92.1 Å². The molecule has 0 atom stereocenters. The van der Waals surface area contributed by atoms with E-state index in [0.717, 1.165) is 23.7 Å². The van der Waals surface area contributed by atoms with E-state index in [2.05, 4.69) is 10.3 Å². The summed E-state index contributed by atoms with van der Waals surface area (Å²) in [5, 5.41) is 3.82. The molecule has 0 amide bonds. The monoisotopic (exact) mass is 219 g/mol. The molecule has 0 aromatic carbocycles. The molecule has 1 aliphatic heterocycles. The number of nitrogens with zero attached hydrogens (tertiary/aromatic N) is 2. The molecule has 2 aromatic rings. The van der Waals surface area contributed by atoms with Crippen molar-refractivity contribution in [3.63, 3.8) is 0 Å². The second-order valence-electron chi connectivity index (χ2n) is 4.12. The Morgan fingerprint density at radius 3 is 3.06 bits per heavy atom. The van der Waals surface area contributed by atoms with Crippen molar-refractivity contribution in [3.8, 4) is 0 Å². The number of hydrogen-bond donors (Lipinski definition) is 1. The highest BCUT2D eigenvalue weighted by Crippen LogP contribution is 2.20. The predicted octanol–water partition coefficient (Wildman–Crippen LogP) is 0.710. The third-order valence-electron chi connectivity index (χ3n) is 3.16. The van der Waals surface area contributed by atoms with Gasteiger partial charge >= 0.3 is 0 Å². The van der Waals surface area contributed by atoms with E-state index in [-0.39, 0.29) is 5.56 Å². The second kappa shape index (κ2) is 3.18. The number of aryl methyl sites for hydroxylation is 2. The molecule has 84 valence electrons. The maximum atomic E-state index is 12.2. The first-order valence-electron chi connectivity index (χ1n) is 5.38. The van der Waals surface area contributed by atoms with Gasteiger partial charge in [0.2, 0.25) is 5.71 Å². The summed E-state index contributed by atoms with van der Waals surface area (Å²) in [6.07, 6.45) is 0. The van der Waals surface area contributed by atoms with Crippen molar-refractivity contribution in [2.45, 2.75) is 26.9 Å². The van der Waals surface area contributed by atoms with Gasteiger partial charge in [0.1, 0.15) is 17.0 Å². The molecular formula is C11H13N3O2. The van der Waals surface area contributed by atoms with Crippen molar-refractivity contribution in [1.82, 2.24) is 14.9 Å². The zero-order valence-electron chi connectivity index (χ0n) is 9.33. The van der Waals surface area contributed by atoms with Crippen LogP contribution in [0.1, 0.15) is 17.1 Å². The molecule has 0 saturated carbocycles. The highest BCUT2D eigenvalue weighted by Gasteiger charge is 2.19. The zero-order valence-corrected chi connectivity index (χ0v) is 9.33. The van der Waals surface area contributed by atoms with Crippen molar-refractivity contribution >= 4 is 11.1 Å². The van der Waals surface area contributed by atoms with E-state index >= 15 is 0 Å². The van der Waals surface area contributed by atoms with Crippen LogP contribution < -0.4 is 10.9 Å². The minimum atomic E-state index is 0.0239. The van der Waals surface area contributed by atoms with Crippen LogP contribution in [0.15, 0.2) is 9.21 Å². The van der Waals surface area contributed by atoms with E-state index in [4.69, 9.17) is 4.42 Å². The molecule has 0 saturated heterocycles. The fourth-order valence-corrected chi connectivity index (χ4v) is 2.13. The fourth-order valence-electron chi connectivity index (χ4n) is 2.13. The minimum Gasteiger partial charge on any atom is -0.443 e. The standard InChI is InChI=1S/C11H13N3O2/c1-6-7(2)16-10-9(6)11(15)14-4-3-12-5-8(14)13-10/h12H,3-5H2,1-2H3. The van der Waals surface area contributed by atoms with Crippen molar-refractivity contribution in [2.75, 3.05) is 6.54 Å². The summed E-state index contributed by atoms with van der Waals surface area (Å²) in [4.78, 5) is 16.6. The van der Waals surface area contributed by atoms with Crippen molar-refractivity contribution in [2.24, 2.45) is 0 Å². The van der Waals surface area contributed by atoms with Crippen LogP contribution in [0.5, 0.6) is 0 Å². The number of fused-ring (bicyclic) bond motifs is 2.